The van der Waals surface area contributed by atoms with Gasteiger partial charge in [0.1, 0.15) is 0 Å². The molecule has 1 aromatic rings. The van der Waals surface area contributed by atoms with Gasteiger partial charge in [0.05, 0.1) is 11.1 Å². The normalized spacial score (nSPS) is 19.8. The molecular weight excluding hydrogens is 302 g/mol. The second kappa shape index (κ2) is 7.82. The fourth-order valence-electron chi connectivity index (χ4n) is 4.34. The molecule has 2 fully saturated rings. The number of carbonyl (C=O) groups is 2. The lowest BCUT2D eigenvalue weighted by molar-refractivity contribution is 0.0441. The van der Waals surface area contributed by atoms with Gasteiger partial charge in [-0.1, -0.05) is 50.7 Å². The largest absolute Gasteiger partial charge is 0.478 e. The van der Waals surface area contributed by atoms with Gasteiger partial charge in [0, 0.05) is 12.1 Å². The van der Waals surface area contributed by atoms with Crippen molar-refractivity contribution in [2.75, 3.05) is 0 Å². The first-order valence-electron chi connectivity index (χ1n) is 9.33. The zero-order valence-corrected chi connectivity index (χ0v) is 14.2. The van der Waals surface area contributed by atoms with Crippen molar-refractivity contribution in [2.45, 2.75) is 76.3 Å². The second-order valence-corrected chi connectivity index (χ2v) is 7.15. The van der Waals surface area contributed by atoms with E-state index in [9.17, 15) is 14.7 Å². The third-order valence-electron chi connectivity index (χ3n) is 5.56. The van der Waals surface area contributed by atoms with Crippen molar-refractivity contribution in [3.8, 4) is 0 Å². The fraction of sp³-hybridized carbons (Fsp3) is 0.600. The number of benzene rings is 1. The van der Waals surface area contributed by atoms with Gasteiger partial charge >= 0.3 is 5.97 Å². The van der Waals surface area contributed by atoms with Gasteiger partial charge in [-0.15, -0.1) is 0 Å². The second-order valence-electron chi connectivity index (χ2n) is 7.15. The molecule has 0 aromatic heterocycles. The lowest BCUT2D eigenvalue weighted by Crippen LogP contribution is -2.49. The lowest BCUT2D eigenvalue weighted by Gasteiger charge is -2.42. The van der Waals surface area contributed by atoms with Gasteiger partial charge in [0.25, 0.3) is 5.91 Å². The zero-order chi connectivity index (χ0) is 16.9. The van der Waals surface area contributed by atoms with Crippen LogP contribution >= 0.6 is 0 Å². The van der Waals surface area contributed by atoms with Gasteiger partial charge in [-0.25, -0.2) is 4.79 Å². The van der Waals surface area contributed by atoms with Gasteiger partial charge in [0.2, 0.25) is 0 Å². The SMILES string of the molecule is O=C(O)c1ccccc1C(=O)N(C1CCCCC1)C1CCCCC1. The molecule has 0 heterocycles. The van der Waals surface area contributed by atoms with E-state index in [4.69, 9.17) is 0 Å². The minimum Gasteiger partial charge on any atom is -0.478 e. The van der Waals surface area contributed by atoms with Gasteiger partial charge < -0.3 is 10.0 Å². The highest BCUT2D eigenvalue weighted by molar-refractivity contribution is 6.05. The maximum absolute atomic E-state index is 13.3. The average Bonchev–Trinajstić information content (AvgIpc) is 2.63. The highest BCUT2D eigenvalue weighted by Gasteiger charge is 2.34. The maximum atomic E-state index is 13.3. The molecule has 1 amide bonds. The number of carboxylic acids is 1. The predicted molar refractivity (Wildman–Crippen MR) is 93.3 cm³/mol. The summed E-state index contributed by atoms with van der Waals surface area (Å²) in [5.74, 6) is -1.10. The number of rotatable bonds is 4. The summed E-state index contributed by atoms with van der Waals surface area (Å²) in [4.78, 5) is 26.9. The first kappa shape index (κ1) is 17.0. The Kier molecular flexibility index (Phi) is 5.54. The van der Waals surface area contributed by atoms with E-state index in [1.807, 2.05) is 0 Å². The molecule has 130 valence electrons. The average molecular weight is 329 g/mol. The number of carbonyl (C=O) groups excluding carboxylic acids is 1. The van der Waals surface area contributed by atoms with Crippen molar-refractivity contribution in [1.82, 2.24) is 4.90 Å². The number of carboxylic acid groups (broad SMARTS) is 1. The topological polar surface area (TPSA) is 57.6 Å². The monoisotopic (exact) mass is 329 g/mol. The Morgan fingerprint density at radius 3 is 1.71 bits per heavy atom. The van der Waals surface area contributed by atoms with Crippen LogP contribution in [0.1, 0.15) is 84.9 Å². The van der Waals surface area contributed by atoms with Crippen molar-refractivity contribution in [2.24, 2.45) is 0 Å². The van der Waals surface area contributed by atoms with Crippen molar-refractivity contribution in [3.63, 3.8) is 0 Å². The molecule has 2 aliphatic rings. The molecule has 3 rings (SSSR count). The van der Waals surface area contributed by atoms with Crippen LogP contribution in [0.5, 0.6) is 0 Å². The Morgan fingerprint density at radius 2 is 1.25 bits per heavy atom. The van der Waals surface area contributed by atoms with E-state index >= 15 is 0 Å². The molecule has 0 radical (unpaired) electrons. The molecular formula is C20H27NO3. The van der Waals surface area contributed by atoms with Crippen molar-refractivity contribution in [1.29, 1.82) is 0 Å². The van der Waals surface area contributed by atoms with Crippen LogP contribution < -0.4 is 0 Å². The molecule has 0 atom stereocenters. The van der Waals surface area contributed by atoms with E-state index in [1.165, 1.54) is 44.6 Å². The standard InChI is InChI=1S/C20H27NO3/c22-19(17-13-7-8-14-18(17)20(23)24)21(15-9-3-1-4-10-15)16-11-5-2-6-12-16/h7-8,13-16H,1-6,9-12H2,(H,23,24). The summed E-state index contributed by atoms with van der Waals surface area (Å²) in [6.45, 7) is 0. The molecule has 4 nitrogen and oxygen atoms in total. The van der Waals surface area contributed by atoms with E-state index in [2.05, 4.69) is 4.90 Å². The zero-order valence-electron chi connectivity index (χ0n) is 14.2. The van der Waals surface area contributed by atoms with Crippen LogP contribution in [0.15, 0.2) is 24.3 Å². The van der Waals surface area contributed by atoms with E-state index in [0.717, 1.165) is 25.7 Å². The third kappa shape index (κ3) is 3.63. The maximum Gasteiger partial charge on any atom is 0.336 e. The number of nitrogens with zero attached hydrogens (tertiary/aromatic N) is 1. The molecule has 24 heavy (non-hydrogen) atoms. The molecule has 4 heteroatoms. The van der Waals surface area contributed by atoms with Gasteiger partial charge in [-0.05, 0) is 37.8 Å². The van der Waals surface area contributed by atoms with Crippen LogP contribution in [0.3, 0.4) is 0 Å². The van der Waals surface area contributed by atoms with E-state index in [-0.39, 0.29) is 23.6 Å². The van der Waals surface area contributed by atoms with Crippen molar-refractivity contribution >= 4 is 11.9 Å². The number of amides is 1. The summed E-state index contributed by atoms with van der Waals surface area (Å²) < 4.78 is 0. The number of hydrogen-bond donors (Lipinski definition) is 1. The van der Waals surface area contributed by atoms with Gasteiger partial charge in [0.15, 0.2) is 0 Å². The fourth-order valence-corrected chi connectivity index (χ4v) is 4.34. The van der Waals surface area contributed by atoms with E-state index in [1.54, 1.807) is 18.2 Å². The highest BCUT2D eigenvalue weighted by atomic mass is 16.4. The summed E-state index contributed by atoms with van der Waals surface area (Å²) in [7, 11) is 0. The minimum absolute atomic E-state index is 0.0770. The van der Waals surface area contributed by atoms with Crippen LogP contribution in [-0.4, -0.2) is 34.0 Å². The first-order chi connectivity index (χ1) is 11.7. The molecule has 0 aliphatic heterocycles. The minimum atomic E-state index is -1.02. The summed E-state index contributed by atoms with van der Waals surface area (Å²) in [6, 6.07) is 7.21. The Hall–Kier alpha value is -1.84. The molecule has 0 bridgehead atoms. The van der Waals surface area contributed by atoms with E-state index < -0.39 is 5.97 Å². The Morgan fingerprint density at radius 1 is 0.792 bits per heavy atom. The third-order valence-corrected chi connectivity index (χ3v) is 5.56. The molecule has 1 N–H and O–H groups in total. The molecule has 0 unspecified atom stereocenters. The molecule has 0 saturated heterocycles. The number of aromatic carboxylic acids is 1. The summed E-state index contributed by atoms with van der Waals surface area (Å²) >= 11 is 0. The molecule has 2 saturated carbocycles. The first-order valence-corrected chi connectivity index (χ1v) is 9.33. The summed E-state index contributed by atoms with van der Waals surface area (Å²) in [5, 5.41) is 9.45. The van der Waals surface area contributed by atoms with Gasteiger partial charge in [-0.2, -0.15) is 0 Å². The molecule has 1 aromatic carbocycles. The van der Waals surface area contributed by atoms with Gasteiger partial charge in [-0.3, -0.25) is 4.79 Å². The lowest BCUT2D eigenvalue weighted by atomic mass is 9.87. The van der Waals surface area contributed by atoms with Crippen LogP contribution in [0, 0.1) is 0 Å². The summed E-state index contributed by atoms with van der Waals surface area (Å²) in [6.07, 6.45) is 11.4. The van der Waals surface area contributed by atoms with Crippen molar-refractivity contribution in [3.05, 3.63) is 35.4 Å². The Bertz CT molecular complexity index is 568. The summed E-state index contributed by atoms with van der Waals surface area (Å²) in [5.41, 5.74) is 0.472. The van der Waals surface area contributed by atoms with Crippen LogP contribution in [0.25, 0.3) is 0 Å². The van der Waals surface area contributed by atoms with Crippen LogP contribution in [0.4, 0.5) is 0 Å². The van der Waals surface area contributed by atoms with E-state index in [0.29, 0.717) is 5.56 Å². The van der Waals surface area contributed by atoms with Crippen LogP contribution in [-0.2, 0) is 0 Å². The quantitative estimate of drug-likeness (QED) is 0.885. The highest BCUT2D eigenvalue weighted by Crippen LogP contribution is 2.32. The Labute approximate surface area is 143 Å². The van der Waals surface area contributed by atoms with Crippen molar-refractivity contribution < 1.29 is 14.7 Å². The molecule has 2 aliphatic carbocycles. The smallest absolute Gasteiger partial charge is 0.336 e. The predicted octanol–water partition coefficient (Wildman–Crippen LogP) is 4.49. The Balaban J connectivity index is 1.92. The van der Waals surface area contributed by atoms with Crippen LogP contribution in [0.2, 0.25) is 0 Å². The molecule has 0 spiro atoms. The number of hydrogen-bond acceptors (Lipinski definition) is 2.